The summed E-state index contributed by atoms with van der Waals surface area (Å²) < 4.78 is 0. The van der Waals surface area contributed by atoms with Crippen LogP contribution in [0.2, 0.25) is 10.0 Å². The maximum Gasteiger partial charge on any atom is 0.257 e. The molecule has 2 rings (SSSR count). The zero-order valence-corrected chi connectivity index (χ0v) is 13.3. The molecule has 114 valence electrons. The Morgan fingerprint density at radius 2 is 1.73 bits per heavy atom. The number of carbonyl (C=O) groups is 2. The van der Waals surface area contributed by atoms with E-state index in [1.807, 2.05) is 0 Å². The van der Waals surface area contributed by atoms with Crippen molar-refractivity contribution in [2.45, 2.75) is 6.42 Å². The number of halogens is 2. The molecule has 0 bridgehead atoms. The van der Waals surface area contributed by atoms with Gasteiger partial charge in [-0.2, -0.15) is 0 Å². The Morgan fingerprint density at radius 1 is 1.05 bits per heavy atom. The summed E-state index contributed by atoms with van der Waals surface area (Å²) in [6.07, 6.45) is 0.299. The van der Waals surface area contributed by atoms with Gasteiger partial charge in [0.05, 0.1) is 17.0 Å². The molecule has 0 saturated carbocycles. The lowest BCUT2D eigenvalue weighted by molar-refractivity contribution is -0.119. The second-order valence-corrected chi connectivity index (χ2v) is 5.47. The smallest absolute Gasteiger partial charge is 0.257 e. The van der Waals surface area contributed by atoms with Gasteiger partial charge < -0.3 is 10.6 Å². The first-order valence-corrected chi connectivity index (χ1v) is 7.31. The molecule has 22 heavy (non-hydrogen) atoms. The summed E-state index contributed by atoms with van der Waals surface area (Å²) in [6.45, 7) is 0. The molecule has 0 radical (unpaired) electrons. The zero-order valence-electron chi connectivity index (χ0n) is 11.8. The number of likely N-dealkylation sites (N-methyl/N-ethyl adjacent to an activating group) is 1. The van der Waals surface area contributed by atoms with Crippen molar-refractivity contribution in [3.63, 3.8) is 0 Å². The molecule has 0 aromatic heterocycles. The molecule has 0 saturated heterocycles. The molecule has 0 aliphatic carbocycles. The molecule has 4 nitrogen and oxygen atoms in total. The van der Waals surface area contributed by atoms with Crippen LogP contribution in [0.15, 0.2) is 42.5 Å². The SMILES string of the molecule is CNC(=O)Cc1ccc(NC(=O)c2ccc(Cl)cc2Cl)cc1. The Morgan fingerprint density at radius 3 is 2.32 bits per heavy atom. The van der Waals surface area contributed by atoms with E-state index in [0.29, 0.717) is 27.7 Å². The van der Waals surface area contributed by atoms with Crippen molar-refractivity contribution >= 4 is 40.7 Å². The van der Waals surface area contributed by atoms with E-state index in [0.717, 1.165) is 5.56 Å². The highest BCUT2D eigenvalue weighted by Crippen LogP contribution is 2.22. The summed E-state index contributed by atoms with van der Waals surface area (Å²) in [6, 6.07) is 11.7. The first kappa shape index (κ1) is 16.3. The summed E-state index contributed by atoms with van der Waals surface area (Å²) in [5.74, 6) is -0.384. The van der Waals surface area contributed by atoms with Crippen LogP contribution in [0.5, 0.6) is 0 Å². The molecule has 0 fully saturated rings. The average molecular weight is 337 g/mol. The van der Waals surface area contributed by atoms with E-state index < -0.39 is 0 Å². The molecule has 0 aliphatic rings. The molecular weight excluding hydrogens is 323 g/mol. The van der Waals surface area contributed by atoms with Gasteiger partial charge in [0.25, 0.3) is 5.91 Å². The van der Waals surface area contributed by atoms with Crippen LogP contribution in [0.25, 0.3) is 0 Å². The first-order valence-electron chi connectivity index (χ1n) is 6.55. The predicted octanol–water partition coefficient (Wildman–Crippen LogP) is 3.53. The number of hydrogen-bond donors (Lipinski definition) is 2. The van der Waals surface area contributed by atoms with Gasteiger partial charge in [-0.05, 0) is 35.9 Å². The quantitative estimate of drug-likeness (QED) is 0.897. The molecule has 2 amide bonds. The number of amides is 2. The van der Waals surface area contributed by atoms with Gasteiger partial charge in [0.1, 0.15) is 0 Å². The number of rotatable bonds is 4. The third kappa shape index (κ3) is 4.23. The second-order valence-electron chi connectivity index (χ2n) is 4.63. The van der Waals surface area contributed by atoms with Crippen molar-refractivity contribution in [3.05, 3.63) is 63.6 Å². The molecule has 2 aromatic carbocycles. The second kappa shape index (κ2) is 7.29. The Labute approximate surface area is 138 Å². The van der Waals surface area contributed by atoms with Gasteiger partial charge in [-0.15, -0.1) is 0 Å². The minimum absolute atomic E-state index is 0.0651. The maximum atomic E-state index is 12.2. The van der Waals surface area contributed by atoms with Gasteiger partial charge in [-0.3, -0.25) is 9.59 Å². The van der Waals surface area contributed by atoms with Gasteiger partial charge in [0.2, 0.25) is 5.91 Å². The van der Waals surface area contributed by atoms with Gasteiger partial charge in [-0.25, -0.2) is 0 Å². The van der Waals surface area contributed by atoms with Crippen LogP contribution >= 0.6 is 23.2 Å². The molecular formula is C16H14Cl2N2O2. The molecule has 0 atom stereocenters. The highest BCUT2D eigenvalue weighted by atomic mass is 35.5. The molecule has 6 heteroatoms. The number of hydrogen-bond acceptors (Lipinski definition) is 2. The molecule has 0 aliphatic heterocycles. The monoisotopic (exact) mass is 336 g/mol. The fourth-order valence-electron chi connectivity index (χ4n) is 1.85. The van der Waals surface area contributed by atoms with Gasteiger partial charge in [0, 0.05) is 17.8 Å². The Bertz CT molecular complexity index is 700. The van der Waals surface area contributed by atoms with Crippen molar-refractivity contribution in [2.24, 2.45) is 0 Å². The molecule has 2 aromatic rings. The minimum atomic E-state index is -0.319. The largest absolute Gasteiger partial charge is 0.359 e. The van der Waals surface area contributed by atoms with Crippen LogP contribution in [0, 0.1) is 0 Å². The Hall–Kier alpha value is -2.04. The van der Waals surface area contributed by atoms with E-state index in [4.69, 9.17) is 23.2 Å². The third-order valence-electron chi connectivity index (χ3n) is 3.03. The lowest BCUT2D eigenvalue weighted by Gasteiger charge is -2.08. The summed E-state index contributed by atoms with van der Waals surface area (Å²) in [5, 5.41) is 6.07. The standard InChI is InChI=1S/C16H14Cl2N2O2/c1-19-15(21)8-10-2-5-12(6-3-10)20-16(22)13-7-4-11(17)9-14(13)18/h2-7,9H,8H2,1H3,(H,19,21)(H,20,22). The summed E-state index contributed by atoms with van der Waals surface area (Å²) >= 11 is 11.8. The number of anilines is 1. The van der Waals surface area contributed by atoms with Crippen LogP contribution < -0.4 is 10.6 Å². The van der Waals surface area contributed by atoms with Crippen LogP contribution in [0.3, 0.4) is 0 Å². The highest BCUT2D eigenvalue weighted by Gasteiger charge is 2.11. The van der Waals surface area contributed by atoms with E-state index >= 15 is 0 Å². The van der Waals surface area contributed by atoms with Gasteiger partial charge >= 0.3 is 0 Å². The van der Waals surface area contributed by atoms with E-state index in [1.165, 1.54) is 6.07 Å². The third-order valence-corrected chi connectivity index (χ3v) is 3.58. The van der Waals surface area contributed by atoms with E-state index in [2.05, 4.69) is 10.6 Å². The van der Waals surface area contributed by atoms with Crippen molar-refractivity contribution in [3.8, 4) is 0 Å². The normalized spacial score (nSPS) is 10.1. The molecule has 0 spiro atoms. The van der Waals surface area contributed by atoms with E-state index in [1.54, 1.807) is 43.4 Å². The van der Waals surface area contributed by atoms with Crippen LogP contribution in [-0.4, -0.2) is 18.9 Å². The lowest BCUT2D eigenvalue weighted by atomic mass is 10.1. The molecule has 0 unspecified atom stereocenters. The first-order chi connectivity index (χ1) is 10.5. The van der Waals surface area contributed by atoms with Crippen LogP contribution in [0.1, 0.15) is 15.9 Å². The average Bonchev–Trinajstić information content (AvgIpc) is 2.49. The van der Waals surface area contributed by atoms with Crippen LogP contribution in [0.4, 0.5) is 5.69 Å². The number of benzene rings is 2. The van der Waals surface area contributed by atoms with Crippen molar-refractivity contribution in [1.82, 2.24) is 5.32 Å². The Kier molecular flexibility index (Phi) is 5.41. The van der Waals surface area contributed by atoms with E-state index in [9.17, 15) is 9.59 Å². The number of carbonyl (C=O) groups excluding carboxylic acids is 2. The van der Waals surface area contributed by atoms with Crippen molar-refractivity contribution in [1.29, 1.82) is 0 Å². The van der Waals surface area contributed by atoms with Gasteiger partial charge in [-0.1, -0.05) is 35.3 Å². The lowest BCUT2D eigenvalue weighted by Crippen LogP contribution is -2.19. The van der Waals surface area contributed by atoms with Gasteiger partial charge in [0.15, 0.2) is 0 Å². The summed E-state index contributed by atoms with van der Waals surface area (Å²) in [7, 11) is 1.59. The predicted molar refractivity (Wildman–Crippen MR) is 88.6 cm³/mol. The maximum absolute atomic E-state index is 12.2. The summed E-state index contributed by atoms with van der Waals surface area (Å²) in [5.41, 5.74) is 1.83. The number of nitrogens with one attached hydrogen (secondary N) is 2. The van der Waals surface area contributed by atoms with Crippen molar-refractivity contribution in [2.75, 3.05) is 12.4 Å². The zero-order chi connectivity index (χ0) is 16.1. The van der Waals surface area contributed by atoms with Crippen LogP contribution in [-0.2, 0) is 11.2 Å². The fraction of sp³-hybridized carbons (Fsp3) is 0.125. The molecule has 2 N–H and O–H groups in total. The Balaban J connectivity index is 2.07. The van der Waals surface area contributed by atoms with E-state index in [-0.39, 0.29) is 11.8 Å². The minimum Gasteiger partial charge on any atom is -0.359 e. The highest BCUT2D eigenvalue weighted by molar-refractivity contribution is 6.37. The molecule has 0 heterocycles. The summed E-state index contributed by atoms with van der Waals surface area (Å²) in [4.78, 5) is 23.4. The fourth-order valence-corrected chi connectivity index (χ4v) is 2.35. The topological polar surface area (TPSA) is 58.2 Å². The van der Waals surface area contributed by atoms with Crippen molar-refractivity contribution < 1.29 is 9.59 Å².